The van der Waals surface area contributed by atoms with E-state index >= 15 is 0 Å². The third-order valence-corrected chi connectivity index (χ3v) is 5.37. The molecule has 0 bridgehead atoms. The smallest absolute Gasteiger partial charge is 0.286 e. The molecule has 31 heavy (non-hydrogen) atoms. The summed E-state index contributed by atoms with van der Waals surface area (Å²) in [6, 6.07) is 13.7. The van der Waals surface area contributed by atoms with Crippen LogP contribution in [0.15, 0.2) is 48.5 Å². The molecule has 7 nitrogen and oxygen atoms in total. The number of rotatable bonds is 9. The molecule has 2 aromatic carbocycles. The highest BCUT2D eigenvalue weighted by atomic mass is 35.5. The predicted octanol–water partition coefficient (Wildman–Crippen LogP) is 4.80. The number of ether oxygens (including phenoxy) is 1. The molecule has 3 aromatic rings. The Labute approximate surface area is 189 Å². The second kappa shape index (κ2) is 10.9. The topological polar surface area (TPSA) is 93.2 Å². The van der Waals surface area contributed by atoms with Crippen LogP contribution in [-0.2, 0) is 6.61 Å². The third kappa shape index (κ3) is 7.04. The maximum atomic E-state index is 12.5. The number of amides is 2. The fourth-order valence-electron chi connectivity index (χ4n) is 2.58. The number of carbonyl (C=O) groups excluding carboxylic acids is 2. The lowest BCUT2D eigenvalue weighted by Crippen LogP contribution is -2.25. The molecule has 3 rings (SSSR count). The van der Waals surface area contributed by atoms with Crippen molar-refractivity contribution >= 4 is 40.4 Å². The molecule has 2 N–H and O–H groups in total. The van der Waals surface area contributed by atoms with Crippen molar-refractivity contribution < 1.29 is 14.3 Å². The van der Waals surface area contributed by atoms with Crippen molar-refractivity contribution in [2.75, 3.05) is 11.9 Å². The van der Waals surface area contributed by atoms with E-state index in [9.17, 15) is 9.59 Å². The van der Waals surface area contributed by atoms with E-state index < -0.39 is 5.91 Å². The highest BCUT2D eigenvalue weighted by Gasteiger charge is 2.14. The molecule has 2 amide bonds. The van der Waals surface area contributed by atoms with E-state index in [0.29, 0.717) is 39.5 Å². The molecule has 9 heteroatoms. The number of hydrogen-bond donors (Lipinski definition) is 2. The van der Waals surface area contributed by atoms with Crippen LogP contribution in [0.25, 0.3) is 0 Å². The average Bonchev–Trinajstić information content (AvgIpc) is 3.22. The van der Waals surface area contributed by atoms with Gasteiger partial charge in [0.2, 0.25) is 5.01 Å². The number of hydrogen-bond acceptors (Lipinski definition) is 6. The standard InChI is InChI=1S/C22H23ClN4O3S/c1-14(2)10-11-24-20(28)15-4-3-5-17(12-15)25-21(29)22-27-26-19(31-22)13-30-18-8-6-16(23)7-9-18/h3-9,12,14H,10-11,13H2,1-2H3,(H,24,28)(H,25,29). The second-order valence-corrected chi connectivity index (χ2v) is 8.72. The lowest BCUT2D eigenvalue weighted by Gasteiger charge is -2.09. The van der Waals surface area contributed by atoms with Gasteiger partial charge in [0.25, 0.3) is 11.8 Å². The maximum Gasteiger partial charge on any atom is 0.286 e. The van der Waals surface area contributed by atoms with Crippen LogP contribution in [0.2, 0.25) is 5.02 Å². The minimum absolute atomic E-state index is 0.172. The first-order valence-electron chi connectivity index (χ1n) is 9.81. The van der Waals surface area contributed by atoms with Gasteiger partial charge in [-0.05, 0) is 54.8 Å². The van der Waals surface area contributed by atoms with Gasteiger partial charge in [-0.3, -0.25) is 9.59 Å². The van der Waals surface area contributed by atoms with Crippen molar-refractivity contribution in [2.45, 2.75) is 26.9 Å². The molecule has 0 aliphatic rings. The molecule has 0 aliphatic carbocycles. The zero-order valence-electron chi connectivity index (χ0n) is 17.2. The summed E-state index contributed by atoms with van der Waals surface area (Å²) in [6.45, 7) is 5.01. The van der Waals surface area contributed by atoms with Crippen LogP contribution in [0.4, 0.5) is 5.69 Å². The molecule has 1 aromatic heterocycles. The van der Waals surface area contributed by atoms with Crippen LogP contribution in [0.3, 0.4) is 0 Å². The van der Waals surface area contributed by atoms with Crippen LogP contribution in [-0.4, -0.2) is 28.6 Å². The highest BCUT2D eigenvalue weighted by Crippen LogP contribution is 2.19. The Morgan fingerprint density at radius 2 is 1.87 bits per heavy atom. The van der Waals surface area contributed by atoms with Crippen molar-refractivity contribution in [2.24, 2.45) is 5.92 Å². The molecule has 162 valence electrons. The molecule has 1 heterocycles. The number of aromatic nitrogens is 2. The predicted molar refractivity (Wildman–Crippen MR) is 122 cm³/mol. The Balaban J connectivity index is 1.55. The van der Waals surface area contributed by atoms with Gasteiger partial charge < -0.3 is 15.4 Å². The summed E-state index contributed by atoms with van der Waals surface area (Å²) in [7, 11) is 0. The van der Waals surface area contributed by atoms with Gasteiger partial charge in [0.15, 0.2) is 5.01 Å². The van der Waals surface area contributed by atoms with Crippen LogP contribution >= 0.6 is 22.9 Å². The molecule has 0 spiro atoms. The van der Waals surface area contributed by atoms with Crippen LogP contribution in [0.1, 0.15) is 45.4 Å². The number of halogens is 1. The molecule has 0 fully saturated rings. The number of anilines is 1. The Bertz CT molecular complexity index is 1040. The summed E-state index contributed by atoms with van der Waals surface area (Å²) in [6.07, 6.45) is 0.906. The van der Waals surface area contributed by atoms with E-state index in [-0.39, 0.29) is 17.5 Å². The van der Waals surface area contributed by atoms with E-state index in [2.05, 4.69) is 34.7 Å². The Hall–Kier alpha value is -2.97. The second-order valence-electron chi connectivity index (χ2n) is 7.22. The summed E-state index contributed by atoms with van der Waals surface area (Å²) in [5, 5.41) is 15.0. The SMILES string of the molecule is CC(C)CCNC(=O)c1cccc(NC(=O)c2nnc(COc3ccc(Cl)cc3)s2)c1. The summed E-state index contributed by atoms with van der Waals surface area (Å²) in [5.74, 6) is 0.593. The summed E-state index contributed by atoms with van der Waals surface area (Å²) in [5.41, 5.74) is 0.992. The molecule has 0 atom stereocenters. The highest BCUT2D eigenvalue weighted by molar-refractivity contribution is 7.13. The average molecular weight is 459 g/mol. The maximum absolute atomic E-state index is 12.5. The molecule has 0 unspecified atom stereocenters. The van der Waals surface area contributed by atoms with Gasteiger partial charge in [-0.2, -0.15) is 0 Å². The van der Waals surface area contributed by atoms with Gasteiger partial charge in [-0.25, -0.2) is 0 Å². The van der Waals surface area contributed by atoms with Crippen molar-refractivity contribution in [3.8, 4) is 5.75 Å². The molecular formula is C22H23ClN4O3S. The van der Waals surface area contributed by atoms with E-state index in [1.807, 2.05) is 0 Å². The van der Waals surface area contributed by atoms with E-state index in [1.54, 1.807) is 48.5 Å². The van der Waals surface area contributed by atoms with Crippen LogP contribution in [0.5, 0.6) is 5.75 Å². The van der Waals surface area contributed by atoms with E-state index in [4.69, 9.17) is 16.3 Å². The monoisotopic (exact) mass is 458 g/mol. The van der Waals surface area contributed by atoms with E-state index in [1.165, 1.54) is 0 Å². The van der Waals surface area contributed by atoms with Gasteiger partial charge in [-0.1, -0.05) is 42.9 Å². The fraction of sp³-hybridized carbons (Fsp3) is 0.273. The van der Waals surface area contributed by atoms with Crippen molar-refractivity contribution in [1.29, 1.82) is 0 Å². The first kappa shape index (κ1) is 22.7. The lowest BCUT2D eigenvalue weighted by molar-refractivity contribution is 0.0950. The van der Waals surface area contributed by atoms with Crippen molar-refractivity contribution in [1.82, 2.24) is 15.5 Å². The lowest BCUT2D eigenvalue weighted by atomic mass is 10.1. The third-order valence-electron chi connectivity index (χ3n) is 4.23. The Kier molecular flexibility index (Phi) is 7.97. The summed E-state index contributed by atoms with van der Waals surface area (Å²) >= 11 is 6.99. The van der Waals surface area contributed by atoms with Gasteiger partial charge in [0.05, 0.1) is 0 Å². The first-order valence-corrected chi connectivity index (χ1v) is 11.0. The molecule has 0 saturated heterocycles. The first-order chi connectivity index (χ1) is 14.9. The molecular weight excluding hydrogens is 436 g/mol. The van der Waals surface area contributed by atoms with E-state index in [0.717, 1.165) is 17.8 Å². The number of nitrogens with zero attached hydrogens (tertiary/aromatic N) is 2. The fourth-order valence-corrected chi connectivity index (χ4v) is 3.35. The number of benzene rings is 2. The van der Waals surface area contributed by atoms with Gasteiger partial charge >= 0.3 is 0 Å². The zero-order chi connectivity index (χ0) is 22.2. The summed E-state index contributed by atoms with van der Waals surface area (Å²) < 4.78 is 5.62. The molecule has 0 aliphatic heterocycles. The van der Waals surface area contributed by atoms with Crippen LogP contribution < -0.4 is 15.4 Å². The number of nitrogens with one attached hydrogen (secondary N) is 2. The van der Waals surface area contributed by atoms with Gasteiger partial charge in [0, 0.05) is 22.8 Å². The largest absolute Gasteiger partial charge is 0.486 e. The van der Waals surface area contributed by atoms with Gasteiger partial charge in [-0.15, -0.1) is 10.2 Å². The minimum Gasteiger partial charge on any atom is -0.486 e. The Morgan fingerprint density at radius 3 is 2.61 bits per heavy atom. The minimum atomic E-state index is -0.396. The zero-order valence-corrected chi connectivity index (χ0v) is 18.8. The van der Waals surface area contributed by atoms with Crippen molar-refractivity contribution in [3.05, 3.63) is 69.1 Å². The normalized spacial score (nSPS) is 10.7. The van der Waals surface area contributed by atoms with Gasteiger partial charge in [0.1, 0.15) is 12.4 Å². The Morgan fingerprint density at radius 1 is 1.10 bits per heavy atom. The van der Waals surface area contributed by atoms with Crippen molar-refractivity contribution in [3.63, 3.8) is 0 Å². The molecule has 0 radical (unpaired) electrons. The van der Waals surface area contributed by atoms with Crippen LogP contribution in [0, 0.1) is 5.92 Å². The quantitative estimate of drug-likeness (QED) is 0.480. The number of carbonyl (C=O) groups is 2. The summed E-state index contributed by atoms with van der Waals surface area (Å²) in [4.78, 5) is 24.8. The molecule has 0 saturated carbocycles.